The van der Waals surface area contributed by atoms with E-state index in [1.54, 1.807) is 22.1 Å². The van der Waals surface area contributed by atoms with E-state index in [1.165, 1.54) is 15.9 Å². The predicted molar refractivity (Wildman–Crippen MR) is 127 cm³/mol. The number of benzene rings is 1. The van der Waals surface area contributed by atoms with E-state index in [4.69, 9.17) is 16.3 Å². The number of carbonyl (C=O) groups excluding carboxylic acids is 1. The molecule has 4 aromatic rings. The Morgan fingerprint density at radius 3 is 2.61 bits per heavy atom. The largest absolute Gasteiger partial charge is 0.453 e. The molecule has 33 heavy (non-hydrogen) atoms. The summed E-state index contributed by atoms with van der Waals surface area (Å²) in [6.07, 6.45) is 1.65. The molecule has 0 spiro atoms. The topological polar surface area (TPSA) is 112 Å². The van der Waals surface area contributed by atoms with Crippen molar-refractivity contribution in [3.8, 4) is 10.6 Å². The number of carbonyl (C=O) groups is 1. The third-order valence-corrected chi connectivity index (χ3v) is 6.30. The Morgan fingerprint density at radius 2 is 1.91 bits per heavy atom. The van der Waals surface area contributed by atoms with Gasteiger partial charge < -0.3 is 9.30 Å². The molecule has 11 heteroatoms. The lowest BCUT2D eigenvalue weighted by Gasteiger charge is -2.06. The molecule has 9 nitrogen and oxygen atoms in total. The molecular weight excluding hydrogens is 466 g/mol. The Kier molecular flexibility index (Phi) is 6.75. The van der Waals surface area contributed by atoms with Crippen LogP contribution in [0.3, 0.4) is 0 Å². The maximum Gasteiger partial charge on any atom is 0.358 e. The Bertz CT molecular complexity index is 1420. The van der Waals surface area contributed by atoms with Gasteiger partial charge in [0.1, 0.15) is 17.4 Å². The summed E-state index contributed by atoms with van der Waals surface area (Å²) in [5.74, 6) is -0.214. The summed E-state index contributed by atoms with van der Waals surface area (Å²) in [4.78, 5) is 48.6. The number of halogens is 1. The first-order valence-corrected chi connectivity index (χ1v) is 11.8. The van der Waals surface area contributed by atoms with Crippen LogP contribution in [0.5, 0.6) is 0 Å². The minimum Gasteiger partial charge on any atom is -0.453 e. The van der Waals surface area contributed by atoms with Gasteiger partial charge in [0.05, 0.1) is 0 Å². The molecule has 0 unspecified atom stereocenters. The summed E-state index contributed by atoms with van der Waals surface area (Å²) in [7, 11) is 0. The number of esters is 1. The van der Waals surface area contributed by atoms with Crippen LogP contribution in [-0.2, 0) is 24.4 Å². The van der Waals surface area contributed by atoms with Crippen molar-refractivity contribution in [1.82, 2.24) is 24.1 Å². The van der Waals surface area contributed by atoms with Gasteiger partial charge in [-0.15, -0.1) is 11.3 Å². The van der Waals surface area contributed by atoms with Crippen molar-refractivity contribution in [1.29, 1.82) is 0 Å². The van der Waals surface area contributed by atoms with Crippen molar-refractivity contribution in [2.45, 2.75) is 46.4 Å². The maximum absolute atomic E-state index is 12.6. The molecule has 0 aliphatic rings. The number of hydrogen-bond donors (Lipinski definition) is 1. The molecule has 0 aliphatic heterocycles. The number of unbranched alkanes of at least 4 members (excludes halogenated alkanes) is 1. The van der Waals surface area contributed by atoms with Crippen LogP contribution >= 0.6 is 22.9 Å². The smallest absolute Gasteiger partial charge is 0.358 e. The summed E-state index contributed by atoms with van der Waals surface area (Å²) in [5, 5.41) is 2.92. The Labute approximate surface area is 197 Å². The molecule has 172 valence electrons. The number of rotatable bonds is 8. The standard InChI is InChI=1S/C22H22ClN5O4S/c1-3-5-10-28-18-17(19(29)26-22(28)31)27(4-2)16(25-18)11-32-21(30)15-12-33-20(24-15)13-6-8-14(23)9-7-13/h6-9,12H,3-5,10-11H2,1-2H3,(H,26,29,31). The van der Waals surface area contributed by atoms with Crippen LogP contribution in [-0.4, -0.2) is 30.1 Å². The van der Waals surface area contributed by atoms with Gasteiger partial charge in [0.15, 0.2) is 16.9 Å². The van der Waals surface area contributed by atoms with Crippen LogP contribution in [0.2, 0.25) is 5.02 Å². The molecule has 0 bridgehead atoms. The minimum atomic E-state index is -0.599. The molecule has 0 fully saturated rings. The lowest BCUT2D eigenvalue weighted by molar-refractivity contribution is 0.0452. The van der Waals surface area contributed by atoms with Crippen LogP contribution in [0.25, 0.3) is 21.7 Å². The highest BCUT2D eigenvalue weighted by Gasteiger charge is 2.20. The number of aromatic nitrogens is 5. The van der Waals surface area contributed by atoms with E-state index in [2.05, 4.69) is 15.0 Å². The SMILES string of the molecule is CCCCn1c(=O)[nH]c(=O)c2c1nc(COC(=O)c1csc(-c3ccc(Cl)cc3)n1)n2CC. The van der Waals surface area contributed by atoms with Crippen LogP contribution in [0.1, 0.15) is 43.0 Å². The predicted octanol–water partition coefficient (Wildman–Crippen LogP) is 3.84. The van der Waals surface area contributed by atoms with Gasteiger partial charge in [-0.3, -0.25) is 14.3 Å². The number of thiazole rings is 1. The summed E-state index contributed by atoms with van der Waals surface area (Å²) < 4.78 is 8.56. The zero-order valence-electron chi connectivity index (χ0n) is 18.1. The summed E-state index contributed by atoms with van der Waals surface area (Å²) >= 11 is 7.25. The number of imidazole rings is 1. The molecular formula is C22H22ClN5O4S. The van der Waals surface area contributed by atoms with E-state index in [9.17, 15) is 14.4 Å². The van der Waals surface area contributed by atoms with Crippen LogP contribution in [0, 0.1) is 0 Å². The highest BCUT2D eigenvalue weighted by atomic mass is 35.5. The van der Waals surface area contributed by atoms with Crippen LogP contribution in [0.15, 0.2) is 39.2 Å². The first-order valence-electron chi connectivity index (χ1n) is 10.5. The number of hydrogen-bond acceptors (Lipinski definition) is 7. The van der Waals surface area contributed by atoms with E-state index >= 15 is 0 Å². The molecule has 3 heterocycles. The highest BCUT2D eigenvalue weighted by Crippen LogP contribution is 2.25. The van der Waals surface area contributed by atoms with Crippen LogP contribution < -0.4 is 11.2 Å². The average Bonchev–Trinajstić information content (AvgIpc) is 3.43. The van der Waals surface area contributed by atoms with Gasteiger partial charge >= 0.3 is 11.7 Å². The number of H-pyrrole nitrogens is 1. The van der Waals surface area contributed by atoms with E-state index in [1.807, 2.05) is 26.0 Å². The number of ether oxygens (including phenoxy) is 1. The first-order chi connectivity index (χ1) is 15.9. The van der Waals surface area contributed by atoms with E-state index in [0.29, 0.717) is 34.6 Å². The molecule has 0 amide bonds. The quantitative estimate of drug-likeness (QED) is 0.378. The molecule has 1 N–H and O–H groups in total. The third-order valence-electron chi connectivity index (χ3n) is 5.15. The van der Waals surface area contributed by atoms with Gasteiger partial charge in [0, 0.05) is 29.1 Å². The molecule has 3 aromatic heterocycles. The fourth-order valence-corrected chi connectivity index (χ4v) is 4.41. The lowest BCUT2D eigenvalue weighted by Crippen LogP contribution is -2.31. The highest BCUT2D eigenvalue weighted by molar-refractivity contribution is 7.13. The van der Waals surface area contributed by atoms with Crippen LogP contribution in [0.4, 0.5) is 0 Å². The summed E-state index contributed by atoms with van der Waals surface area (Å²) in [6.45, 7) is 4.58. The van der Waals surface area contributed by atoms with E-state index in [0.717, 1.165) is 18.4 Å². The Morgan fingerprint density at radius 1 is 1.15 bits per heavy atom. The second kappa shape index (κ2) is 9.72. The molecule has 0 saturated carbocycles. The van der Waals surface area contributed by atoms with Gasteiger partial charge in [0.25, 0.3) is 5.56 Å². The van der Waals surface area contributed by atoms with Gasteiger partial charge in [-0.25, -0.2) is 19.6 Å². The van der Waals surface area contributed by atoms with Crippen molar-refractivity contribution < 1.29 is 9.53 Å². The zero-order valence-corrected chi connectivity index (χ0v) is 19.7. The van der Waals surface area contributed by atoms with Crippen molar-refractivity contribution in [3.05, 3.63) is 67.0 Å². The van der Waals surface area contributed by atoms with E-state index in [-0.39, 0.29) is 17.8 Å². The molecule has 0 atom stereocenters. The summed E-state index contributed by atoms with van der Waals surface area (Å²) in [5.41, 5.74) is 0.605. The molecule has 1 aromatic carbocycles. The second-order valence-corrected chi connectivity index (χ2v) is 8.62. The van der Waals surface area contributed by atoms with Gasteiger partial charge in [0.2, 0.25) is 0 Å². The van der Waals surface area contributed by atoms with Crippen molar-refractivity contribution in [2.75, 3.05) is 0 Å². The normalized spacial score (nSPS) is 11.2. The Hall–Kier alpha value is -3.24. The second-order valence-electron chi connectivity index (χ2n) is 7.33. The molecule has 0 radical (unpaired) electrons. The lowest BCUT2D eigenvalue weighted by atomic mass is 10.2. The summed E-state index contributed by atoms with van der Waals surface area (Å²) in [6, 6.07) is 7.17. The van der Waals surface area contributed by atoms with Gasteiger partial charge in [-0.2, -0.15) is 0 Å². The van der Waals surface area contributed by atoms with Gasteiger partial charge in [-0.05, 0) is 25.5 Å². The molecule has 0 saturated heterocycles. The number of fused-ring (bicyclic) bond motifs is 1. The fourth-order valence-electron chi connectivity index (χ4n) is 3.49. The van der Waals surface area contributed by atoms with Crippen molar-refractivity contribution >= 4 is 40.1 Å². The number of nitrogens with zero attached hydrogens (tertiary/aromatic N) is 4. The first kappa shape index (κ1) is 22.9. The minimum absolute atomic E-state index is 0.156. The maximum atomic E-state index is 12.6. The van der Waals surface area contributed by atoms with E-state index < -0.39 is 17.2 Å². The van der Waals surface area contributed by atoms with Crippen molar-refractivity contribution in [2.24, 2.45) is 0 Å². The number of aryl methyl sites for hydroxylation is 2. The zero-order chi connectivity index (χ0) is 23.5. The fraction of sp³-hybridized carbons (Fsp3) is 0.318. The molecule has 4 rings (SSSR count). The Balaban J connectivity index is 1.58. The monoisotopic (exact) mass is 487 g/mol. The molecule has 0 aliphatic carbocycles. The number of nitrogens with one attached hydrogen (secondary N) is 1. The number of aromatic amines is 1. The average molecular weight is 488 g/mol. The van der Waals surface area contributed by atoms with Crippen molar-refractivity contribution in [3.63, 3.8) is 0 Å². The third kappa shape index (κ3) is 4.62. The van der Waals surface area contributed by atoms with Gasteiger partial charge in [-0.1, -0.05) is 37.1 Å².